The second kappa shape index (κ2) is 4.27. The van der Waals surface area contributed by atoms with E-state index in [9.17, 15) is 0 Å². The first-order valence-electron chi connectivity index (χ1n) is 6.14. The van der Waals surface area contributed by atoms with Crippen LogP contribution in [0, 0.1) is 0 Å². The molecule has 2 aromatic rings. The van der Waals surface area contributed by atoms with Crippen LogP contribution in [0.3, 0.4) is 0 Å². The lowest BCUT2D eigenvalue weighted by atomic mass is 10.0. The molecule has 3 N–H and O–H groups in total. The van der Waals surface area contributed by atoms with Gasteiger partial charge < -0.3 is 10.7 Å². The molecule has 1 aliphatic carbocycles. The third-order valence-corrected chi connectivity index (χ3v) is 4.25. The number of fused-ring (bicyclic) bond motifs is 3. The molecule has 0 aromatic carbocycles. The van der Waals surface area contributed by atoms with Crippen LogP contribution in [0.2, 0.25) is 0 Å². The van der Waals surface area contributed by atoms with Crippen LogP contribution in [0.1, 0.15) is 29.7 Å². The molecule has 1 unspecified atom stereocenters. The Labute approximate surface area is 105 Å². The number of nitrogens with one attached hydrogen (secondary N) is 1. The summed E-state index contributed by atoms with van der Waals surface area (Å²) < 4.78 is 0. The summed E-state index contributed by atoms with van der Waals surface area (Å²) >= 11 is 1.84. The van der Waals surface area contributed by atoms with E-state index in [0.29, 0.717) is 0 Å². The molecule has 1 aliphatic rings. The van der Waals surface area contributed by atoms with Crippen molar-refractivity contribution in [3.05, 3.63) is 27.8 Å². The first kappa shape index (κ1) is 11.0. The third kappa shape index (κ3) is 2.03. The van der Waals surface area contributed by atoms with Gasteiger partial charge in [-0.3, -0.25) is 0 Å². The normalized spacial score (nSPS) is 15.4. The van der Waals surface area contributed by atoms with Gasteiger partial charge in [-0.2, -0.15) is 0 Å². The highest BCUT2D eigenvalue weighted by molar-refractivity contribution is 7.10. The van der Waals surface area contributed by atoms with E-state index in [2.05, 4.69) is 16.4 Å². The highest BCUT2D eigenvalue weighted by atomic mass is 32.1. The molecule has 0 bridgehead atoms. The molecule has 0 saturated carbocycles. The van der Waals surface area contributed by atoms with Crippen molar-refractivity contribution in [2.24, 2.45) is 5.73 Å². The third-order valence-electron chi connectivity index (χ3n) is 3.27. The number of hydrogen-bond donors (Lipinski definition) is 2. The molecule has 1 atom stereocenters. The highest BCUT2D eigenvalue weighted by Gasteiger charge is 2.20. The van der Waals surface area contributed by atoms with E-state index >= 15 is 0 Å². The summed E-state index contributed by atoms with van der Waals surface area (Å²) in [5, 5.41) is 2.16. The molecule has 0 spiro atoms. The standard InChI is InChI=1S/C13H17N3S/c1-8(14)2-5-12-15-10-3-4-11-9(6-7-17-11)13(10)16-12/h6-8H,2-5,14H2,1H3,(H,15,16). The zero-order valence-corrected chi connectivity index (χ0v) is 10.8. The smallest absolute Gasteiger partial charge is 0.107 e. The first-order valence-corrected chi connectivity index (χ1v) is 7.02. The molecule has 0 saturated heterocycles. The minimum Gasteiger partial charge on any atom is -0.345 e. The van der Waals surface area contributed by atoms with Gasteiger partial charge in [-0.05, 0) is 37.6 Å². The molecule has 0 aliphatic heterocycles. The van der Waals surface area contributed by atoms with Crippen LogP contribution in [0.25, 0.3) is 11.3 Å². The summed E-state index contributed by atoms with van der Waals surface area (Å²) in [6.07, 6.45) is 4.18. The lowest BCUT2D eigenvalue weighted by Gasteiger charge is -2.09. The van der Waals surface area contributed by atoms with Gasteiger partial charge in [0.05, 0.1) is 5.69 Å². The Balaban J connectivity index is 1.89. The molecular weight excluding hydrogens is 230 g/mol. The van der Waals surface area contributed by atoms with Crippen LogP contribution in [-0.2, 0) is 19.3 Å². The maximum absolute atomic E-state index is 5.78. The molecule has 0 amide bonds. The summed E-state index contributed by atoms with van der Waals surface area (Å²) in [5.74, 6) is 1.09. The van der Waals surface area contributed by atoms with Crippen LogP contribution in [0.15, 0.2) is 11.4 Å². The van der Waals surface area contributed by atoms with Crippen LogP contribution in [-0.4, -0.2) is 16.0 Å². The molecule has 0 fully saturated rings. The Bertz CT molecular complexity index is 525. The van der Waals surface area contributed by atoms with E-state index in [-0.39, 0.29) is 6.04 Å². The summed E-state index contributed by atoms with van der Waals surface area (Å²) in [5.41, 5.74) is 9.59. The predicted octanol–water partition coefficient (Wildman–Crippen LogP) is 2.52. The fraction of sp³-hybridized carbons (Fsp3) is 0.462. The van der Waals surface area contributed by atoms with E-state index in [1.54, 1.807) is 0 Å². The molecule has 2 heterocycles. The number of imidazole rings is 1. The van der Waals surface area contributed by atoms with Gasteiger partial charge in [0.2, 0.25) is 0 Å². The minimum absolute atomic E-state index is 0.244. The van der Waals surface area contributed by atoms with Crippen molar-refractivity contribution in [2.45, 2.75) is 38.6 Å². The molecule has 0 radical (unpaired) electrons. The lowest BCUT2D eigenvalue weighted by molar-refractivity contribution is 0.651. The molecule has 90 valence electrons. The summed E-state index contributed by atoms with van der Waals surface area (Å²) in [6.45, 7) is 2.04. The maximum atomic E-state index is 5.78. The van der Waals surface area contributed by atoms with Gasteiger partial charge in [0, 0.05) is 28.6 Å². The number of aromatic nitrogens is 2. The Morgan fingerprint density at radius 2 is 2.41 bits per heavy atom. The minimum atomic E-state index is 0.244. The summed E-state index contributed by atoms with van der Waals surface area (Å²) in [7, 11) is 0. The fourth-order valence-electron chi connectivity index (χ4n) is 2.33. The van der Waals surface area contributed by atoms with Gasteiger partial charge in [0.25, 0.3) is 0 Å². The van der Waals surface area contributed by atoms with E-state index in [1.165, 1.54) is 21.8 Å². The first-order chi connectivity index (χ1) is 8.24. The van der Waals surface area contributed by atoms with Crippen molar-refractivity contribution in [3.8, 4) is 11.3 Å². The monoisotopic (exact) mass is 247 g/mol. The number of nitrogens with two attached hydrogens (primary N) is 1. The molecular formula is C13H17N3S. The van der Waals surface area contributed by atoms with Crippen LogP contribution < -0.4 is 5.73 Å². The number of aryl methyl sites for hydroxylation is 3. The summed E-state index contributed by atoms with van der Waals surface area (Å²) in [4.78, 5) is 9.66. The zero-order chi connectivity index (χ0) is 11.8. The highest BCUT2D eigenvalue weighted by Crippen LogP contribution is 2.35. The Morgan fingerprint density at radius 1 is 1.53 bits per heavy atom. The molecule has 17 heavy (non-hydrogen) atoms. The Morgan fingerprint density at radius 3 is 3.24 bits per heavy atom. The van der Waals surface area contributed by atoms with Gasteiger partial charge in [0.15, 0.2) is 0 Å². The second-order valence-electron chi connectivity index (χ2n) is 4.78. The van der Waals surface area contributed by atoms with Crippen LogP contribution in [0.4, 0.5) is 0 Å². The second-order valence-corrected chi connectivity index (χ2v) is 5.78. The number of aromatic amines is 1. The lowest BCUT2D eigenvalue weighted by Crippen LogP contribution is -2.15. The predicted molar refractivity (Wildman–Crippen MR) is 71.3 cm³/mol. The average molecular weight is 247 g/mol. The average Bonchev–Trinajstić information content (AvgIpc) is 2.91. The molecule has 2 aromatic heterocycles. The van der Waals surface area contributed by atoms with Crippen molar-refractivity contribution in [1.29, 1.82) is 0 Å². The Kier molecular flexibility index (Phi) is 2.76. The van der Waals surface area contributed by atoms with Crippen molar-refractivity contribution in [1.82, 2.24) is 9.97 Å². The Hall–Kier alpha value is -1.13. The molecule has 3 nitrogen and oxygen atoms in total. The van der Waals surface area contributed by atoms with Crippen LogP contribution >= 0.6 is 11.3 Å². The molecule has 4 heteroatoms. The number of hydrogen-bond acceptors (Lipinski definition) is 3. The van der Waals surface area contributed by atoms with Crippen molar-refractivity contribution >= 4 is 11.3 Å². The number of thiophene rings is 1. The van der Waals surface area contributed by atoms with Gasteiger partial charge in [-0.25, -0.2) is 4.98 Å². The maximum Gasteiger partial charge on any atom is 0.107 e. The zero-order valence-electron chi connectivity index (χ0n) is 9.99. The number of nitrogens with zero attached hydrogens (tertiary/aromatic N) is 1. The quantitative estimate of drug-likeness (QED) is 0.875. The van der Waals surface area contributed by atoms with E-state index < -0.39 is 0 Å². The van der Waals surface area contributed by atoms with Crippen LogP contribution in [0.5, 0.6) is 0 Å². The van der Waals surface area contributed by atoms with Crippen molar-refractivity contribution < 1.29 is 0 Å². The molecule has 3 rings (SSSR count). The SMILES string of the molecule is CC(N)CCc1nc2c([nH]1)CCc1sccc1-2. The van der Waals surface area contributed by atoms with Crippen molar-refractivity contribution in [3.63, 3.8) is 0 Å². The number of rotatable bonds is 3. The van der Waals surface area contributed by atoms with E-state index in [4.69, 9.17) is 10.7 Å². The van der Waals surface area contributed by atoms with Crippen molar-refractivity contribution in [2.75, 3.05) is 0 Å². The number of H-pyrrole nitrogens is 1. The van der Waals surface area contributed by atoms with Gasteiger partial charge in [-0.15, -0.1) is 11.3 Å². The van der Waals surface area contributed by atoms with Gasteiger partial charge in [-0.1, -0.05) is 0 Å². The van der Waals surface area contributed by atoms with Gasteiger partial charge in [0.1, 0.15) is 5.82 Å². The summed E-state index contributed by atoms with van der Waals surface area (Å²) in [6, 6.07) is 2.43. The van der Waals surface area contributed by atoms with E-state index in [1.807, 2.05) is 18.3 Å². The van der Waals surface area contributed by atoms with Gasteiger partial charge >= 0.3 is 0 Å². The topological polar surface area (TPSA) is 54.7 Å². The van der Waals surface area contributed by atoms with E-state index in [0.717, 1.165) is 31.5 Å². The fourth-order valence-corrected chi connectivity index (χ4v) is 3.21. The largest absolute Gasteiger partial charge is 0.345 e.